The van der Waals surface area contributed by atoms with Crippen LogP contribution in [-0.2, 0) is 4.79 Å². The van der Waals surface area contributed by atoms with Crippen molar-refractivity contribution in [3.8, 4) is 0 Å². The lowest BCUT2D eigenvalue weighted by Gasteiger charge is -2.17. The first kappa shape index (κ1) is 8.50. The average Bonchev–Trinajstić information content (AvgIpc) is 2.33. The monoisotopic (exact) mass is 159 g/mol. The summed E-state index contributed by atoms with van der Waals surface area (Å²) in [7, 11) is 0. The average molecular weight is 159 g/mol. The molecule has 11 heavy (non-hydrogen) atoms. The maximum atomic E-state index is 13.5. The highest BCUT2D eigenvalue weighted by atomic mass is 19.1. The summed E-state index contributed by atoms with van der Waals surface area (Å²) in [5.74, 6) is -0.0158. The van der Waals surface area contributed by atoms with E-state index in [4.69, 9.17) is 0 Å². The molecule has 0 saturated carbocycles. The van der Waals surface area contributed by atoms with Crippen LogP contribution in [0, 0.1) is 0 Å². The maximum absolute atomic E-state index is 13.5. The largest absolute Gasteiger partial charge is 0.340 e. The third kappa shape index (κ3) is 1.70. The minimum absolute atomic E-state index is 0.0158. The second kappa shape index (κ2) is 2.80. The molecule has 1 saturated heterocycles. The van der Waals surface area contributed by atoms with E-state index in [1.54, 1.807) is 4.90 Å². The fourth-order valence-corrected chi connectivity index (χ4v) is 1.39. The summed E-state index contributed by atoms with van der Waals surface area (Å²) in [5, 5.41) is 0. The lowest BCUT2D eigenvalue weighted by atomic mass is 10.0. The molecule has 0 aromatic heterocycles. The van der Waals surface area contributed by atoms with Crippen molar-refractivity contribution in [3.63, 3.8) is 0 Å². The van der Waals surface area contributed by atoms with E-state index in [2.05, 4.69) is 0 Å². The van der Waals surface area contributed by atoms with Crippen LogP contribution < -0.4 is 0 Å². The summed E-state index contributed by atoms with van der Waals surface area (Å²) in [5.41, 5.74) is -1.11. The van der Waals surface area contributed by atoms with Gasteiger partial charge in [0.2, 0.25) is 5.91 Å². The van der Waals surface area contributed by atoms with Crippen LogP contribution in [0.25, 0.3) is 0 Å². The van der Waals surface area contributed by atoms with Gasteiger partial charge in [-0.2, -0.15) is 0 Å². The number of alkyl halides is 1. The molecule has 1 heterocycles. The summed E-state index contributed by atoms with van der Waals surface area (Å²) in [6, 6.07) is 0. The molecule has 2 nitrogen and oxygen atoms in total. The number of carbonyl (C=O) groups excluding carboxylic acids is 1. The zero-order chi connectivity index (χ0) is 8.48. The van der Waals surface area contributed by atoms with Crippen molar-refractivity contribution in [2.75, 3.05) is 13.1 Å². The molecule has 0 bridgehead atoms. The van der Waals surface area contributed by atoms with Gasteiger partial charge in [-0.25, -0.2) is 4.39 Å². The summed E-state index contributed by atoms with van der Waals surface area (Å²) in [6.45, 7) is 4.18. The molecular weight excluding hydrogens is 145 g/mol. The zero-order valence-corrected chi connectivity index (χ0v) is 7.06. The highest BCUT2D eigenvalue weighted by Gasteiger charge is 2.37. The van der Waals surface area contributed by atoms with E-state index in [-0.39, 0.29) is 5.91 Å². The number of halogens is 1. The summed E-state index contributed by atoms with van der Waals surface area (Å²) < 4.78 is 13.5. The molecule has 0 N–H and O–H groups in total. The van der Waals surface area contributed by atoms with Gasteiger partial charge in [0, 0.05) is 19.9 Å². The van der Waals surface area contributed by atoms with Crippen molar-refractivity contribution in [3.05, 3.63) is 0 Å². The molecule has 0 aromatic rings. The van der Waals surface area contributed by atoms with Crippen molar-refractivity contribution in [1.29, 1.82) is 0 Å². The van der Waals surface area contributed by atoms with Crippen LogP contribution in [0.15, 0.2) is 0 Å². The smallest absolute Gasteiger partial charge is 0.219 e. The topological polar surface area (TPSA) is 20.3 Å². The van der Waals surface area contributed by atoms with Crippen LogP contribution in [-0.4, -0.2) is 29.6 Å². The fraction of sp³-hybridized carbons (Fsp3) is 0.875. The van der Waals surface area contributed by atoms with E-state index in [1.165, 1.54) is 6.92 Å². The zero-order valence-electron chi connectivity index (χ0n) is 7.06. The third-order valence-corrected chi connectivity index (χ3v) is 2.38. The molecule has 3 heteroatoms. The summed E-state index contributed by atoms with van der Waals surface area (Å²) >= 11 is 0. The molecule has 0 radical (unpaired) electrons. The standard InChI is InChI=1S/C8H14FNO/c1-3-8(9)4-5-10(6-8)7(2)11/h3-6H2,1-2H3. The van der Waals surface area contributed by atoms with Crippen LogP contribution >= 0.6 is 0 Å². The summed E-state index contributed by atoms with van der Waals surface area (Å²) in [4.78, 5) is 12.4. The second-order valence-electron chi connectivity index (χ2n) is 3.20. The van der Waals surface area contributed by atoms with E-state index >= 15 is 0 Å². The van der Waals surface area contributed by atoms with Gasteiger partial charge >= 0.3 is 0 Å². The van der Waals surface area contributed by atoms with Crippen LogP contribution in [0.4, 0.5) is 4.39 Å². The molecule has 1 fully saturated rings. The minimum Gasteiger partial charge on any atom is -0.340 e. The Morgan fingerprint density at radius 2 is 2.36 bits per heavy atom. The van der Waals surface area contributed by atoms with Gasteiger partial charge in [-0.1, -0.05) is 6.92 Å². The molecule has 1 aliphatic rings. The van der Waals surface area contributed by atoms with Crippen LogP contribution in [0.1, 0.15) is 26.7 Å². The molecule has 0 aliphatic carbocycles. The Hall–Kier alpha value is -0.600. The predicted octanol–water partition coefficient (Wildman–Crippen LogP) is 1.36. The Kier molecular flexibility index (Phi) is 2.16. The highest BCUT2D eigenvalue weighted by molar-refractivity contribution is 5.73. The van der Waals surface area contributed by atoms with Gasteiger partial charge in [-0.3, -0.25) is 4.79 Å². The predicted molar refractivity (Wildman–Crippen MR) is 41.0 cm³/mol. The number of likely N-dealkylation sites (tertiary alicyclic amines) is 1. The van der Waals surface area contributed by atoms with Crippen molar-refractivity contribution >= 4 is 5.91 Å². The number of hydrogen-bond donors (Lipinski definition) is 0. The van der Waals surface area contributed by atoms with Gasteiger partial charge in [0.05, 0.1) is 6.54 Å². The maximum Gasteiger partial charge on any atom is 0.219 e. The van der Waals surface area contributed by atoms with Crippen molar-refractivity contribution in [2.24, 2.45) is 0 Å². The van der Waals surface area contributed by atoms with Gasteiger partial charge < -0.3 is 4.90 Å². The second-order valence-corrected chi connectivity index (χ2v) is 3.20. The fourth-order valence-electron chi connectivity index (χ4n) is 1.39. The lowest BCUT2D eigenvalue weighted by molar-refractivity contribution is -0.128. The molecule has 1 atom stereocenters. The SMILES string of the molecule is CCC1(F)CCN(C(C)=O)C1. The Labute approximate surface area is 66.4 Å². The molecule has 64 valence electrons. The molecule has 1 rings (SSSR count). The van der Waals surface area contributed by atoms with Crippen LogP contribution in [0.3, 0.4) is 0 Å². The van der Waals surface area contributed by atoms with Gasteiger partial charge in [0.15, 0.2) is 0 Å². The van der Waals surface area contributed by atoms with E-state index in [0.717, 1.165) is 0 Å². The molecule has 1 amide bonds. The number of amides is 1. The first-order valence-electron chi connectivity index (χ1n) is 4.02. The van der Waals surface area contributed by atoms with E-state index in [9.17, 15) is 9.18 Å². The van der Waals surface area contributed by atoms with Gasteiger partial charge in [0.1, 0.15) is 5.67 Å². The normalized spacial score (nSPS) is 31.0. The Balaban J connectivity index is 2.53. The van der Waals surface area contributed by atoms with E-state index in [0.29, 0.717) is 25.9 Å². The molecular formula is C8H14FNO. The molecule has 0 spiro atoms. The van der Waals surface area contributed by atoms with Gasteiger partial charge in [-0.05, 0) is 6.42 Å². The van der Waals surface area contributed by atoms with E-state index < -0.39 is 5.67 Å². The van der Waals surface area contributed by atoms with Crippen molar-refractivity contribution in [2.45, 2.75) is 32.4 Å². The Morgan fingerprint density at radius 1 is 1.73 bits per heavy atom. The number of nitrogens with zero attached hydrogens (tertiary/aromatic N) is 1. The minimum atomic E-state index is -1.11. The molecule has 0 aromatic carbocycles. The number of hydrogen-bond acceptors (Lipinski definition) is 1. The number of rotatable bonds is 1. The van der Waals surface area contributed by atoms with Crippen molar-refractivity contribution < 1.29 is 9.18 Å². The quantitative estimate of drug-likeness (QED) is 0.565. The Bertz CT molecular complexity index is 171. The lowest BCUT2D eigenvalue weighted by Crippen LogP contribution is -2.31. The summed E-state index contributed by atoms with van der Waals surface area (Å²) in [6.07, 6.45) is 1.01. The Morgan fingerprint density at radius 3 is 2.64 bits per heavy atom. The van der Waals surface area contributed by atoms with Crippen LogP contribution in [0.5, 0.6) is 0 Å². The highest BCUT2D eigenvalue weighted by Crippen LogP contribution is 2.28. The van der Waals surface area contributed by atoms with Crippen molar-refractivity contribution in [1.82, 2.24) is 4.90 Å². The van der Waals surface area contributed by atoms with Gasteiger partial charge in [0.25, 0.3) is 0 Å². The molecule has 1 aliphatic heterocycles. The number of carbonyl (C=O) groups is 1. The third-order valence-electron chi connectivity index (χ3n) is 2.38. The molecule has 1 unspecified atom stereocenters. The first-order chi connectivity index (χ1) is 5.07. The van der Waals surface area contributed by atoms with Gasteiger partial charge in [-0.15, -0.1) is 0 Å². The van der Waals surface area contributed by atoms with Crippen LogP contribution in [0.2, 0.25) is 0 Å². The van der Waals surface area contributed by atoms with E-state index in [1.807, 2.05) is 6.92 Å². The first-order valence-corrected chi connectivity index (χ1v) is 4.02.